The average molecular weight is 216 g/mol. The van der Waals surface area contributed by atoms with Crippen molar-refractivity contribution in [1.29, 1.82) is 0 Å². The zero-order valence-electron chi connectivity index (χ0n) is 9.25. The van der Waals surface area contributed by atoms with Gasteiger partial charge in [0, 0.05) is 17.9 Å². The molecule has 0 aromatic carbocycles. The van der Waals surface area contributed by atoms with Crippen LogP contribution in [0.15, 0.2) is 4.99 Å². The summed E-state index contributed by atoms with van der Waals surface area (Å²) in [5.41, 5.74) is 0. The minimum absolute atomic E-state index is 0.553. The van der Waals surface area contributed by atoms with E-state index in [0.717, 1.165) is 24.9 Å². The first-order valence-corrected chi connectivity index (χ1v) is 6.15. The number of nitrogens with one attached hydrogen (secondary N) is 1. The molecule has 1 heterocycles. The van der Waals surface area contributed by atoms with Gasteiger partial charge in [0.1, 0.15) is 0 Å². The van der Waals surface area contributed by atoms with Gasteiger partial charge in [-0.3, -0.25) is 4.99 Å². The highest BCUT2D eigenvalue weighted by molar-refractivity contribution is 8.14. The Morgan fingerprint density at radius 1 is 1.57 bits per heavy atom. The molecule has 0 bridgehead atoms. The van der Waals surface area contributed by atoms with E-state index in [9.17, 15) is 0 Å². The lowest BCUT2D eigenvalue weighted by Crippen LogP contribution is -2.38. The molecule has 4 heteroatoms. The molecule has 2 unspecified atom stereocenters. The van der Waals surface area contributed by atoms with Crippen LogP contribution >= 0.6 is 11.8 Å². The molecule has 1 rings (SSSR count). The van der Waals surface area contributed by atoms with Crippen LogP contribution in [-0.4, -0.2) is 36.2 Å². The lowest BCUT2D eigenvalue weighted by molar-refractivity contribution is 0.156. The monoisotopic (exact) mass is 216 g/mol. The van der Waals surface area contributed by atoms with E-state index < -0.39 is 0 Å². The van der Waals surface area contributed by atoms with E-state index >= 15 is 0 Å². The Morgan fingerprint density at radius 3 is 3.00 bits per heavy atom. The predicted octanol–water partition coefficient (Wildman–Crippen LogP) is 1.88. The molecule has 1 aliphatic rings. The molecule has 0 aromatic rings. The van der Waals surface area contributed by atoms with Crippen LogP contribution in [0, 0.1) is 0 Å². The number of hydrogen-bond donors (Lipinski definition) is 1. The number of rotatable bonds is 4. The zero-order valence-corrected chi connectivity index (χ0v) is 10.1. The van der Waals surface area contributed by atoms with Crippen LogP contribution < -0.4 is 5.32 Å². The van der Waals surface area contributed by atoms with Gasteiger partial charge in [-0.05, 0) is 20.3 Å². The van der Waals surface area contributed by atoms with Crippen LogP contribution in [0.25, 0.3) is 0 Å². The summed E-state index contributed by atoms with van der Waals surface area (Å²) >= 11 is 1.83. The van der Waals surface area contributed by atoms with Crippen LogP contribution in [0.5, 0.6) is 0 Å². The third-order valence-corrected chi connectivity index (χ3v) is 3.13. The highest BCUT2D eigenvalue weighted by Gasteiger charge is 2.19. The second-order valence-electron chi connectivity index (χ2n) is 3.59. The van der Waals surface area contributed by atoms with Gasteiger partial charge < -0.3 is 10.1 Å². The minimum atomic E-state index is 0.553. The molecule has 2 atom stereocenters. The van der Waals surface area contributed by atoms with E-state index in [1.165, 1.54) is 6.42 Å². The summed E-state index contributed by atoms with van der Waals surface area (Å²) in [4.78, 5) is 4.47. The molecule has 0 amide bonds. The van der Waals surface area contributed by atoms with E-state index in [2.05, 4.69) is 24.2 Å². The first-order valence-electron chi connectivity index (χ1n) is 5.27. The van der Waals surface area contributed by atoms with Crippen molar-refractivity contribution in [3.8, 4) is 0 Å². The van der Waals surface area contributed by atoms with Crippen molar-refractivity contribution in [2.75, 3.05) is 19.8 Å². The molecule has 14 heavy (non-hydrogen) atoms. The summed E-state index contributed by atoms with van der Waals surface area (Å²) in [7, 11) is 0. The van der Waals surface area contributed by atoms with E-state index in [0.29, 0.717) is 11.3 Å². The molecule has 0 aromatic heterocycles. The van der Waals surface area contributed by atoms with Crippen LogP contribution in [0.2, 0.25) is 0 Å². The van der Waals surface area contributed by atoms with Gasteiger partial charge in [-0.25, -0.2) is 0 Å². The van der Waals surface area contributed by atoms with Crippen LogP contribution in [0.3, 0.4) is 0 Å². The molecule has 0 saturated carbocycles. The van der Waals surface area contributed by atoms with Crippen molar-refractivity contribution >= 4 is 16.9 Å². The van der Waals surface area contributed by atoms with Crippen LogP contribution in [-0.2, 0) is 4.74 Å². The maximum Gasteiger partial charge on any atom is 0.157 e. The van der Waals surface area contributed by atoms with E-state index in [-0.39, 0.29) is 0 Å². The molecule has 1 N–H and O–H groups in total. The molecule has 82 valence electrons. The number of amidine groups is 1. The average Bonchev–Trinajstić information content (AvgIpc) is 2.11. The predicted molar refractivity (Wildman–Crippen MR) is 63.1 cm³/mol. The number of ether oxygens (including phenoxy) is 1. The number of nitrogens with zero attached hydrogens (tertiary/aromatic N) is 1. The lowest BCUT2D eigenvalue weighted by atomic mass is 10.2. The number of aliphatic imine (C=N–C) groups is 1. The zero-order chi connectivity index (χ0) is 10.4. The first kappa shape index (κ1) is 11.9. The van der Waals surface area contributed by atoms with Gasteiger partial charge in [0.25, 0.3) is 0 Å². The summed E-state index contributed by atoms with van der Waals surface area (Å²) in [5, 5.41) is 5.14. The Balaban J connectivity index is 2.27. The number of thioether (sulfide) groups is 1. The Bertz CT molecular complexity index is 185. The van der Waals surface area contributed by atoms with Crippen molar-refractivity contribution < 1.29 is 4.74 Å². The Hall–Kier alpha value is -0.220. The van der Waals surface area contributed by atoms with Crippen molar-refractivity contribution in [2.45, 2.75) is 38.5 Å². The Morgan fingerprint density at radius 2 is 2.36 bits per heavy atom. The van der Waals surface area contributed by atoms with Gasteiger partial charge in [-0.2, -0.15) is 0 Å². The largest absolute Gasteiger partial charge is 0.380 e. The van der Waals surface area contributed by atoms with Crippen molar-refractivity contribution in [1.82, 2.24) is 5.32 Å². The molecule has 1 saturated heterocycles. The van der Waals surface area contributed by atoms with Gasteiger partial charge >= 0.3 is 0 Å². The van der Waals surface area contributed by atoms with E-state index in [1.807, 2.05) is 18.7 Å². The highest BCUT2D eigenvalue weighted by Crippen LogP contribution is 2.21. The van der Waals surface area contributed by atoms with Crippen LogP contribution in [0.4, 0.5) is 0 Å². The molecule has 0 radical (unpaired) electrons. The van der Waals surface area contributed by atoms with Crippen molar-refractivity contribution in [2.24, 2.45) is 4.99 Å². The lowest BCUT2D eigenvalue weighted by Gasteiger charge is -2.26. The fourth-order valence-corrected chi connectivity index (χ4v) is 2.68. The smallest absolute Gasteiger partial charge is 0.157 e. The molecular weight excluding hydrogens is 196 g/mol. The fraction of sp³-hybridized carbons (Fsp3) is 0.900. The maximum atomic E-state index is 5.23. The summed E-state index contributed by atoms with van der Waals surface area (Å²) in [5.74, 6) is 0. The summed E-state index contributed by atoms with van der Waals surface area (Å²) in [6.45, 7) is 8.73. The quantitative estimate of drug-likeness (QED) is 0.729. The molecular formula is C10H20N2OS. The van der Waals surface area contributed by atoms with Gasteiger partial charge in [0.15, 0.2) is 5.17 Å². The van der Waals surface area contributed by atoms with Crippen molar-refractivity contribution in [3.63, 3.8) is 0 Å². The highest BCUT2D eigenvalue weighted by atomic mass is 32.2. The van der Waals surface area contributed by atoms with Crippen LogP contribution in [0.1, 0.15) is 27.2 Å². The molecule has 1 aliphatic heterocycles. The third-order valence-electron chi connectivity index (χ3n) is 2.06. The number of hydrogen-bond acceptors (Lipinski definition) is 3. The topological polar surface area (TPSA) is 33.6 Å². The standard InChI is InChI=1S/C10H20N2OS/c1-4-13-6-5-11-10-12-8(2)7-9(3)14-10/h8-9H,4-7H2,1-3H3,(H,11,12). The van der Waals surface area contributed by atoms with Gasteiger partial charge in [-0.15, -0.1) is 0 Å². The van der Waals surface area contributed by atoms with Gasteiger partial charge in [0.2, 0.25) is 0 Å². The molecule has 3 nitrogen and oxygen atoms in total. The third kappa shape index (κ3) is 4.33. The first-order chi connectivity index (χ1) is 6.72. The normalized spacial score (nSPS) is 30.4. The minimum Gasteiger partial charge on any atom is -0.380 e. The second-order valence-corrected chi connectivity index (χ2v) is 5.02. The Labute approximate surface area is 90.7 Å². The maximum absolute atomic E-state index is 5.23. The summed E-state index contributed by atoms with van der Waals surface area (Å²) in [6.07, 6.45) is 1.22. The van der Waals surface area contributed by atoms with Gasteiger partial charge in [0.05, 0.1) is 13.2 Å². The Kier molecular flexibility index (Phi) is 5.33. The molecule has 1 fully saturated rings. The van der Waals surface area contributed by atoms with Crippen molar-refractivity contribution in [3.05, 3.63) is 0 Å². The fourth-order valence-electron chi connectivity index (χ4n) is 1.48. The van der Waals surface area contributed by atoms with E-state index in [4.69, 9.17) is 4.74 Å². The van der Waals surface area contributed by atoms with Gasteiger partial charge in [-0.1, -0.05) is 18.7 Å². The SMILES string of the molecule is CCOCCN=C1NC(C)CC(C)S1. The molecule has 0 spiro atoms. The summed E-state index contributed by atoms with van der Waals surface area (Å²) < 4.78 is 5.23. The second kappa shape index (κ2) is 6.30. The van der Waals surface area contributed by atoms with E-state index in [1.54, 1.807) is 0 Å². The molecule has 0 aliphatic carbocycles. The summed E-state index contributed by atoms with van der Waals surface area (Å²) in [6, 6.07) is 0.553.